The lowest BCUT2D eigenvalue weighted by atomic mass is 10.2. The van der Waals surface area contributed by atoms with Crippen LogP contribution in [-0.2, 0) is 0 Å². The van der Waals surface area contributed by atoms with E-state index in [0.29, 0.717) is 10.3 Å². The maximum Gasteiger partial charge on any atom is 0.363 e. The minimum atomic E-state index is -0.804. The van der Waals surface area contributed by atoms with Crippen molar-refractivity contribution in [1.29, 1.82) is 0 Å². The predicted molar refractivity (Wildman–Crippen MR) is 58.7 cm³/mol. The molecule has 0 radical (unpaired) electrons. The number of hydrogen-bond donors (Lipinski definition) is 1. The molecule has 0 aliphatic heterocycles. The van der Waals surface area contributed by atoms with E-state index in [9.17, 15) is 14.4 Å². The van der Waals surface area contributed by atoms with Crippen LogP contribution < -0.4 is 16.1 Å². The van der Waals surface area contributed by atoms with Crippen LogP contribution in [0.15, 0.2) is 52.2 Å². The van der Waals surface area contributed by atoms with E-state index < -0.39 is 17.2 Å². The zero-order valence-corrected chi connectivity index (χ0v) is 8.62. The summed E-state index contributed by atoms with van der Waals surface area (Å²) in [6.45, 7) is 0. The minimum Gasteiger partial charge on any atom is -0.327 e. The molecule has 1 aromatic heterocycles. The fourth-order valence-corrected chi connectivity index (χ4v) is 1.19. The van der Waals surface area contributed by atoms with E-state index in [2.05, 4.69) is 0 Å². The third kappa shape index (κ3) is 2.49. The van der Waals surface area contributed by atoms with Gasteiger partial charge in [-0.2, -0.15) is 0 Å². The molecule has 2 aromatic rings. The molecule has 0 unspecified atom stereocenters. The molecule has 86 valence electrons. The third-order valence-electron chi connectivity index (χ3n) is 1.98. The second kappa shape index (κ2) is 4.48. The lowest BCUT2D eigenvalue weighted by Gasteiger charge is -2.04. The predicted octanol–water partition coefficient (Wildman–Crippen LogP) is -0.194. The maximum atomic E-state index is 11.6. The smallest absolute Gasteiger partial charge is 0.327 e. The monoisotopic (exact) mass is 232 g/mol. The normalized spacial score (nSPS) is 9.88. The first-order valence-electron chi connectivity index (χ1n) is 4.76. The Morgan fingerprint density at radius 1 is 1.12 bits per heavy atom. The van der Waals surface area contributed by atoms with Gasteiger partial charge in [0.2, 0.25) is 0 Å². The van der Waals surface area contributed by atoms with Crippen LogP contribution in [0.1, 0.15) is 10.4 Å². The van der Waals surface area contributed by atoms with Crippen molar-refractivity contribution in [3.63, 3.8) is 0 Å². The van der Waals surface area contributed by atoms with Crippen molar-refractivity contribution in [2.75, 3.05) is 0 Å². The summed E-state index contributed by atoms with van der Waals surface area (Å²) < 4.78 is 0.663. The second-order valence-corrected chi connectivity index (χ2v) is 3.18. The van der Waals surface area contributed by atoms with E-state index in [1.54, 1.807) is 30.3 Å². The van der Waals surface area contributed by atoms with Gasteiger partial charge in [-0.15, -0.1) is 4.73 Å². The first kappa shape index (κ1) is 10.9. The summed E-state index contributed by atoms with van der Waals surface area (Å²) in [5, 5.41) is 0. The summed E-state index contributed by atoms with van der Waals surface area (Å²) in [6.07, 6.45) is 1.09. The van der Waals surface area contributed by atoms with Gasteiger partial charge in [-0.1, -0.05) is 18.2 Å². The Kier molecular flexibility index (Phi) is 2.87. The van der Waals surface area contributed by atoms with E-state index in [4.69, 9.17) is 4.84 Å². The molecule has 6 heteroatoms. The van der Waals surface area contributed by atoms with Crippen LogP contribution in [0.5, 0.6) is 0 Å². The van der Waals surface area contributed by atoms with Gasteiger partial charge in [0.25, 0.3) is 5.56 Å². The van der Waals surface area contributed by atoms with Crippen LogP contribution in [0.2, 0.25) is 0 Å². The minimum absolute atomic E-state index is 0.311. The maximum absolute atomic E-state index is 11.6. The number of benzene rings is 1. The number of aromatic amines is 1. The van der Waals surface area contributed by atoms with Gasteiger partial charge in [0.1, 0.15) is 0 Å². The molecule has 6 nitrogen and oxygen atoms in total. The Morgan fingerprint density at radius 2 is 1.82 bits per heavy atom. The highest BCUT2D eigenvalue weighted by atomic mass is 16.7. The van der Waals surface area contributed by atoms with E-state index in [1.807, 2.05) is 4.98 Å². The second-order valence-electron chi connectivity index (χ2n) is 3.18. The molecule has 0 saturated heterocycles. The number of hydrogen-bond acceptors (Lipinski definition) is 4. The molecule has 1 N–H and O–H groups in total. The standard InChI is InChI=1S/C11H8N2O4/c14-9-6-7-13(11(16)12-9)17-10(15)8-4-2-1-3-5-8/h1-7H,(H,12,14,16). The first-order valence-corrected chi connectivity index (χ1v) is 4.76. The molecule has 1 heterocycles. The third-order valence-corrected chi connectivity index (χ3v) is 1.98. The number of carbonyl (C=O) groups is 1. The zero-order chi connectivity index (χ0) is 12.3. The topological polar surface area (TPSA) is 81.2 Å². The molecule has 0 bridgehead atoms. The van der Waals surface area contributed by atoms with Gasteiger partial charge in [0.15, 0.2) is 0 Å². The van der Waals surface area contributed by atoms with Gasteiger partial charge in [-0.05, 0) is 12.1 Å². The highest BCUT2D eigenvalue weighted by Gasteiger charge is 2.08. The van der Waals surface area contributed by atoms with E-state index in [1.165, 1.54) is 0 Å². The van der Waals surface area contributed by atoms with E-state index in [0.717, 1.165) is 12.3 Å². The molecular formula is C11H8N2O4. The fraction of sp³-hybridized carbons (Fsp3) is 0. The Balaban J connectivity index is 2.25. The van der Waals surface area contributed by atoms with E-state index >= 15 is 0 Å². The Morgan fingerprint density at radius 3 is 2.47 bits per heavy atom. The summed E-state index contributed by atoms with van der Waals surface area (Å²) in [7, 11) is 0. The van der Waals surface area contributed by atoms with Gasteiger partial charge >= 0.3 is 11.7 Å². The van der Waals surface area contributed by atoms with Crippen LogP contribution in [0, 0.1) is 0 Å². The summed E-state index contributed by atoms with van der Waals surface area (Å²) in [5.41, 5.74) is -1.05. The molecule has 0 saturated carbocycles. The zero-order valence-electron chi connectivity index (χ0n) is 8.62. The van der Waals surface area contributed by atoms with Crippen LogP contribution >= 0.6 is 0 Å². The quantitative estimate of drug-likeness (QED) is 0.777. The van der Waals surface area contributed by atoms with Crippen molar-refractivity contribution in [3.05, 3.63) is 69.0 Å². The van der Waals surface area contributed by atoms with Gasteiger partial charge in [-0.3, -0.25) is 9.78 Å². The number of H-pyrrole nitrogens is 1. The molecule has 1 aromatic carbocycles. The Bertz CT molecular complexity index is 642. The fourth-order valence-electron chi connectivity index (χ4n) is 1.19. The summed E-state index contributed by atoms with van der Waals surface area (Å²) in [4.78, 5) is 40.4. The van der Waals surface area contributed by atoms with Gasteiger partial charge < -0.3 is 4.84 Å². The lowest BCUT2D eigenvalue weighted by molar-refractivity contribution is 0.0434. The molecule has 0 amide bonds. The first-order chi connectivity index (χ1) is 8.16. The molecular weight excluding hydrogens is 224 g/mol. The Hall–Kier alpha value is -2.63. The molecule has 0 fully saturated rings. The van der Waals surface area contributed by atoms with Crippen molar-refractivity contribution in [2.24, 2.45) is 0 Å². The largest absolute Gasteiger partial charge is 0.363 e. The molecule has 0 spiro atoms. The molecule has 0 atom stereocenters. The highest BCUT2D eigenvalue weighted by molar-refractivity contribution is 5.89. The number of carbonyl (C=O) groups excluding carboxylic acids is 1. The summed E-state index contributed by atoms with van der Waals surface area (Å²) >= 11 is 0. The number of rotatable bonds is 2. The summed E-state index contributed by atoms with van der Waals surface area (Å²) in [5.74, 6) is -0.681. The lowest BCUT2D eigenvalue weighted by Crippen LogP contribution is -2.35. The van der Waals surface area contributed by atoms with Crippen molar-refractivity contribution >= 4 is 5.97 Å². The van der Waals surface area contributed by atoms with Crippen molar-refractivity contribution in [1.82, 2.24) is 9.71 Å². The van der Waals surface area contributed by atoms with Crippen molar-refractivity contribution < 1.29 is 9.63 Å². The van der Waals surface area contributed by atoms with Gasteiger partial charge in [0.05, 0.1) is 11.8 Å². The van der Waals surface area contributed by atoms with Crippen LogP contribution in [0.3, 0.4) is 0 Å². The van der Waals surface area contributed by atoms with E-state index in [-0.39, 0.29) is 0 Å². The molecule has 2 rings (SSSR count). The summed E-state index contributed by atoms with van der Waals surface area (Å²) in [6, 6.07) is 9.29. The average Bonchev–Trinajstić information content (AvgIpc) is 2.34. The van der Waals surface area contributed by atoms with Crippen molar-refractivity contribution in [2.45, 2.75) is 0 Å². The Labute approximate surface area is 95.1 Å². The van der Waals surface area contributed by atoms with Crippen molar-refractivity contribution in [3.8, 4) is 0 Å². The van der Waals surface area contributed by atoms with Crippen LogP contribution in [0.4, 0.5) is 0 Å². The van der Waals surface area contributed by atoms with Crippen LogP contribution in [-0.4, -0.2) is 15.7 Å². The number of aromatic nitrogens is 2. The molecule has 17 heavy (non-hydrogen) atoms. The number of nitrogens with one attached hydrogen (secondary N) is 1. The number of nitrogens with zero attached hydrogens (tertiary/aromatic N) is 1. The van der Waals surface area contributed by atoms with Crippen LogP contribution in [0.25, 0.3) is 0 Å². The SMILES string of the molecule is O=C(On1ccc(=O)[nH]c1=O)c1ccccc1. The van der Waals surface area contributed by atoms with Gasteiger partial charge in [-0.25, -0.2) is 9.59 Å². The van der Waals surface area contributed by atoms with Gasteiger partial charge in [0, 0.05) is 6.07 Å². The molecule has 0 aliphatic rings. The highest BCUT2D eigenvalue weighted by Crippen LogP contribution is 1.98. The molecule has 0 aliphatic carbocycles. The average molecular weight is 232 g/mol.